The number of hydrogen-bond acceptors (Lipinski definition) is 2. The van der Waals surface area contributed by atoms with E-state index in [1.807, 2.05) is 13.8 Å². The molecule has 0 spiro atoms. The summed E-state index contributed by atoms with van der Waals surface area (Å²) in [4.78, 5) is 11.7. The summed E-state index contributed by atoms with van der Waals surface area (Å²) in [5, 5.41) is 12.6. The molecule has 2 unspecified atom stereocenters. The molecule has 1 aliphatic rings. The van der Waals surface area contributed by atoms with Gasteiger partial charge in [-0.2, -0.15) is 0 Å². The number of carbonyl (C=O) groups is 1. The second-order valence-electron chi connectivity index (χ2n) is 5.08. The van der Waals surface area contributed by atoms with E-state index >= 15 is 0 Å². The summed E-state index contributed by atoms with van der Waals surface area (Å²) in [6.07, 6.45) is 2.48. The van der Waals surface area contributed by atoms with Gasteiger partial charge < -0.3 is 10.4 Å². The van der Waals surface area contributed by atoms with Crippen molar-refractivity contribution in [1.82, 2.24) is 0 Å². The Morgan fingerprint density at radius 3 is 2.79 bits per heavy atom. The number of amides is 1. The number of rotatable bonds is 5. The highest BCUT2D eigenvalue weighted by molar-refractivity contribution is 6.03. The van der Waals surface area contributed by atoms with Crippen LogP contribution in [0.3, 0.4) is 0 Å². The van der Waals surface area contributed by atoms with Crippen molar-refractivity contribution >= 4 is 11.6 Å². The first-order chi connectivity index (χ1) is 9.08. The van der Waals surface area contributed by atoms with Crippen molar-refractivity contribution < 1.29 is 14.3 Å². The van der Waals surface area contributed by atoms with E-state index in [9.17, 15) is 14.3 Å². The quantitative estimate of drug-likeness (QED) is 0.856. The first kappa shape index (κ1) is 14.0. The van der Waals surface area contributed by atoms with Crippen LogP contribution >= 0.6 is 0 Å². The van der Waals surface area contributed by atoms with Crippen LogP contribution in [0.15, 0.2) is 12.1 Å². The monoisotopic (exact) mass is 265 g/mol. The molecule has 1 aromatic carbocycles. The second-order valence-corrected chi connectivity index (χ2v) is 5.08. The van der Waals surface area contributed by atoms with E-state index in [-0.39, 0.29) is 17.5 Å². The molecule has 1 heterocycles. The summed E-state index contributed by atoms with van der Waals surface area (Å²) in [5.74, 6) is -0.910. The number of benzene rings is 1. The molecule has 1 aromatic rings. The maximum Gasteiger partial charge on any atom is 0.232 e. The fourth-order valence-corrected chi connectivity index (χ4v) is 2.57. The highest BCUT2D eigenvalue weighted by Gasteiger charge is 2.32. The molecule has 104 valence electrons. The van der Waals surface area contributed by atoms with Crippen LogP contribution in [-0.4, -0.2) is 11.0 Å². The molecule has 1 aliphatic heterocycles. The average Bonchev–Trinajstić information content (AvgIpc) is 2.72. The van der Waals surface area contributed by atoms with Crippen LogP contribution in [-0.2, 0) is 4.79 Å². The van der Waals surface area contributed by atoms with E-state index in [0.29, 0.717) is 24.0 Å². The minimum Gasteiger partial charge on any atom is -0.388 e. The Morgan fingerprint density at radius 1 is 1.42 bits per heavy atom. The lowest BCUT2D eigenvalue weighted by atomic mass is 9.93. The van der Waals surface area contributed by atoms with Crippen molar-refractivity contribution in [2.24, 2.45) is 0 Å². The van der Waals surface area contributed by atoms with Gasteiger partial charge in [-0.1, -0.05) is 32.8 Å². The van der Waals surface area contributed by atoms with Gasteiger partial charge in [0.25, 0.3) is 0 Å². The molecule has 2 atom stereocenters. The number of nitrogens with one attached hydrogen (secondary N) is 1. The molecule has 2 rings (SSSR count). The Hall–Kier alpha value is -1.42. The zero-order valence-electron chi connectivity index (χ0n) is 11.4. The van der Waals surface area contributed by atoms with Crippen molar-refractivity contribution in [2.45, 2.75) is 51.6 Å². The van der Waals surface area contributed by atoms with Gasteiger partial charge in [-0.05, 0) is 30.0 Å². The fraction of sp³-hybridized carbons (Fsp3) is 0.533. The van der Waals surface area contributed by atoms with E-state index in [1.54, 1.807) is 6.07 Å². The van der Waals surface area contributed by atoms with E-state index in [0.717, 1.165) is 12.8 Å². The molecular weight excluding hydrogens is 245 g/mol. The maximum atomic E-state index is 14.0. The maximum absolute atomic E-state index is 14.0. The lowest BCUT2D eigenvalue weighted by Gasteiger charge is -2.13. The molecular formula is C15H20FNO2. The molecule has 0 aliphatic carbocycles. The number of carbonyl (C=O) groups excluding carboxylic acids is 1. The zero-order valence-corrected chi connectivity index (χ0v) is 11.4. The van der Waals surface area contributed by atoms with Gasteiger partial charge in [-0.25, -0.2) is 4.39 Å². The smallest absolute Gasteiger partial charge is 0.232 e. The Morgan fingerprint density at radius 2 is 2.16 bits per heavy atom. The van der Waals surface area contributed by atoms with Gasteiger partial charge in [-0.15, -0.1) is 0 Å². The van der Waals surface area contributed by atoms with Crippen molar-refractivity contribution in [2.75, 3.05) is 5.32 Å². The lowest BCUT2D eigenvalue weighted by molar-refractivity contribution is -0.117. The number of hydrogen-bond donors (Lipinski definition) is 2. The summed E-state index contributed by atoms with van der Waals surface area (Å²) in [7, 11) is 0. The summed E-state index contributed by atoms with van der Waals surface area (Å²) in [6.45, 7) is 3.95. The number of unbranched alkanes of at least 4 members (excludes halogenated alkanes) is 1. The molecule has 0 aromatic heterocycles. The van der Waals surface area contributed by atoms with Gasteiger partial charge in [0.1, 0.15) is 5.82 Å². The van der Waals surface area contributed by atoms with Crippen molar-refractivity contribution in [3.05, 3.63) is 29.1 Å². The van der Waals surface area contributed by atoms with Crippen molar-refractivity contribution in [3.8, 4) is 0 Å². The first-order valence-corrected chi connectivity index (χ1v) is 6.90. The van der Waals surface area contributed by atoms with Gasteiger partial charge in [-0.3, -0.25) is 4.79 Å². The van der Waals surface area contributed by atoms with Crippen LogP contribution in [0.1, 0.15) is 62.7 Å². The van der Waals surface area contributed by atoms with E-state index < -0.39 is 11.9 Å². The Balaban J connectivity index is 2.33. The molecule has 0 saturated carbocycles. The fourth-order valence-electron chi connectivity index (χ4n) is 2.57. The SMILES string of the molecule is CCCCC(O)c1cc(F)c2c(c1)C(CC)C(=O)N2. The Labute approximate surface area is 112 Å². The number of aliphatic hydroxyl groups excluding tert-OH is 1. The average molecular weight is 265 g/mol. The summed E-state index contributed by atoms with van der Waals surface area (Å²) in [5.41, 5.74) is 1.53. The molecule has 4 heteroatoms. The number of halogens is 1. The standard InChI is InChI=1S/C15H20FNO2/c1-3-5-6-13(18)9-7-11-10(4-2)15(19)17-14(11)12(16)8-9/h7-8,10,13,18H,3-6H2,1-2H3,(H,17,19). The van der Waals surface area contributed by atoms with Crippen molar-refractivity contribution in [1.29, 1.82) is 0 Å². The normalized spacial score (nSPS) is 19.2. The van der Waals surface area contributed by atoms with Crippen LogP contribution in [0, 0.1) is 5.82 Å². The molecule has 0 saturated heterocycles. The lowest BCUT2D eigenvalue weighted by Crippen LogP contribution is -2.10. The molecule has 0 bridgehead atoms. The van der Waals surface area contributed by atoms with Crippen molar-refractivity contribution in [3.63, 3.8) is 0 Å². The zero-order chi connectivity index (χ0) is 14.0. The summed E-state index contributed by atoms with van der Waals surface area (Å²) < 4.78 is 14.0. The molecule has 0 radical (unpaired) electrons. The van der Waals surface area contributed by atoms with Gasteiger partial charge in [0, 0.05) is 0 Å². The van der Waals surface area contributed by atoms with Gasteiger partial charge in [0.15, 0.2) is 0 Å². The van der Waals surface area contributed by atoms with Gasteiger partial charge >= 0.3 is 0 Å². The van der Waals surface area contributed by atoms with Crippen LogP contribution in [0.2, 0.25) is 0 Å². The highest BCUT2D eigenvalue weighted by atomic mass is 19.1. The minimum atomic E-state index is -0.659. The van der Waals surface area contributed by atoms with Crippen LogP contribution in [0.4, 0.5) is 10.1 Å². The molecule has 1 amide bonds. The topological polar surface area (TPSA) is 49.3 Å². The second kappa shape index (κ2) is 5.70. The van der Waals surface area contributed by atoms with E-state index in [4.69, 9.17) is 0 Å². The van der Waals surface area contributed by atoms with Gasteiger partial charge in [0.05, 0.1) is 17.7 Å². The van der Waals surface area contributed by atoms with Gasteiger partial charge in [0.2, 0.25) is 5.91 Å². The summed E-state index contributed by atoms with van der Waals surface area (Å²) >= 11 is 0. The third-order valence-corrected chi connectivity index (χ3v) is 3.71. The molecule has 2 N–H and O–H groups in total. The minimum absolute atomic E-state index is 0.156. The number of aliphatic hydroxyl groups is 1. The molecule has 19 heavy (non-hydrogen) atoms. The number of fused-ring (bicyclic) bond motifs is 1. The third kappa shape index (κ3) is 2.63. The predicted molar refractivity (Wildman–Crippen MR) is 72.5 cm³/mol. The Bertz CT molecular complexity index is 487. The largest absolute Gasteiger partial charge is 0.388 e. The first-order valence-electron chi connectivity index (χ1n) is 6.90. The van der Waals surface area contributed by atoms with Crippen LogP contribution < -0.4 is 5.32 Å². The number of anilines is 1. The molecule has 0 fully saturated rings. The van der Waals surface area contributed by atoms with E-state index in [2.05, 4.69) is 5.32 Å². The molecule has 3 nitrogen and oxygen atoms in total. The predicted octanol–water partition coefficient (Wildman–Crippen LogP) is 3.50. The van der Waals surface area contributed by atoms with Crippen LogP contribution in [0.25, 0.3) is 0 Å². The summed E-state index contributed by atoms with van der Waals surface area (Å²) in [6, 6.07) is 3.10. The third-order valence-electron chi connectivity index (χ3n) is 3.71. The van der Waals surface area contributed by atoms with E-state index in [1.165, 1.54) is 6.07 Å². The van der Waals surface area contributed by atoms with Crippen LogP contribution in [0.5, 0.6) is 0 Å². The highest BCUT2D eigenvalue weighted by Crippen LogP contribution is 2.38. The Kier molecular flexibility index (Phi) is 4.20.